The maximum absolute atomic E-state index is 12.2. The molecule has 1 rings (SSSR count). The zero-order valence-corrected chi connectivity index (χ0v) is 12.0. The van der Waals surface area contributed by atoms with E-state index in [1.165, 1.54) is 0 Å². The van der Waals surface area contributed by atoms with E-state index < -0.39 is 12.5 Å². The molecule has 1 aromatic rings. The van der Waals surface area contributed by atoms with Gasteiger partial charge < -0.3 is 10.0 Å². The lowest BCUT2D eigenvalue weighted by atomic mass is 9.86. The summed E-state index contributed by atoms with van der Waals surface area (Å²) in [6.45, 7) is 5.83. The monoisotopic (exact) mass is 273 g/mol. The van der Waals surface area contributed by atoms with E-state index in [2.05, 4.69) is 26.7 Å². The van der Waals surface area contributed by atoms with Gasteiger partial charge in [0, 0.05) is 5.56 Å². The van der Waals surface area contributed by atoms with Gasteiger partial charge in [-0.05, 0) is 23.1 Å². The molecular weight excluding hydrogens is 254 g/mol. The Morgan fingerprint density at radius 2 is 1.80 bits per heavy atom. The van der Waals surface area contributed by atoms with Crippen molar-refractivity contribution in [1.29, 1.82) is 0 Å². The quantitative estimate of drug-likeness (QED) is 0.855. The first kappa shape index (κ1) is 15.8. The Labute approximate surface area is 119 Å². The fraction of sp³-hybridized carbons (Fsp3) is 0.375. The van der Waals surface area contributed by atoms with Gasteiger partial charge in [-0.1, -0.05) is 38.8 Å². The summed E-state index contributed by atoms with van der Waals surface area (Å²) in [6, 6.07) is 7.16. The normalized spacial score (nSPS) is 10.7. The van der Waals surface area contributed by atoms with E-state index in [0.717, 1.165) is 10.5 Å². The Morgan fingerprint density at radius 1 is 1.25 bits per heavy atom. The van der Waals surface area contributed by atoms with Gasteiger partial charge in [0.1, 0.15) is 6.54 Å². The first-order valence-electron chi connectivity index (χ1n) is 6.31. The lowest BCUT2D eigenvalue weighted by Crippen LogP contribution is -2.36. The highest BCUT2D eigenvalue weighted by Crippen LogP contribution is 2.22. The first-order valence-corrected chi connectivity index (χ1v) is 6.31. The van der Waals surface area contributed by atoms with Crippen molar-refractivity contribution in [3.05, 3.63) is 35.4 Å². The average Bonchev–Trinajstić information content (AvgIpc) is 2.36. The molecule has 106 valence electrons. The summed E-state index contributed by atoms with van der Waals surface area (Å²) in [5.74, 6) is 0.848. The van der Waals surface area contributed by atoms with Crippen molar-refractivity contribution in [2.75, 3.05) is 13.1 Å². The van der Waals surface area contributed by atoms with Gasteiger partial charge in [0.15, 0.2) is 0 Å². The number of terminal acetylenes is 1. The van der Waals surface area contributed by atoms with Gasteiger partial charge in [0.05, 0.1) is 6.54 Å². The molecule has 4 nitrogen and oxygen atoms in total. The van der Waals surface area contributed by atoms with Gasteiger partial charge in [-0.2, -0.15) is 0 Å². The molecule has 0 aliphatic rings. The number of carboxylic acid groups (broad SMARTS) is 1. The number of hydrogen-bond acceptors (Lipinski definition) is 2. The van der Waals surface area contributed by atoms with Crippen molar-refractivity contribution in [2.45, 2.75) is 26.2 Å². The number of carbonyl (C=O) groups excluding carboxylic acids is 1. The largest absolute Gasteiger partial charge is 0.480 e. The third kappa shape index (κ3) is 4.13. The molecule has 0 saturated heterocycles. The molecule has 1 amide bonds. The van der Waals surface area contributed by atoms with Gasteiger partial charge in [0.25, 0.3) is 5.91 Å². The average molecular weight is 273 g/mol. The molecule has 4 heteroatoms. The van der Waals surface area contributed by atoms with Crippen LogP contribution in [0.5, 0.6) is 0 Å². The van der Waals surface area contributed by atoms with Gasteiger partial charge in [-0.15, -0.1) is 6.42 Å². The van der Waals surface area contributed by atoms with E-state index in [1.54, 1.807) is 12.1 Å². The van der Waals surface area contributed by atoms with E-state index in [4.69, 9.17) is 11.5 Å². The first-order chi connectivity index (χ1) is 9.25. The number of rotatable bonds is 4. The summed E-state index contributed by atoms with van der Waals surface area (Å²) in [4.78, 5) is 24.1. The Balaban J connectivity index is 2.95. The van der Waals surface area contributed by atoms with Crippen LogP contribution in [-0.2, 0) is 10.2 Å². The van der Waals surface area contributed by atoms with Crippen LogP contribution < -0.4 is 0 Å². The molecule has 0 atom stereocenters. The van der Waals surface area contributed by atoms with E-state index in [0.29, 0.717) is 5.56 Å². The molecule has 20 heavy (non-hydrogen) atoms. The maximum atomic E-state index is 12.2. The number of aliphatic carboxylic acids is 1. The second-order valence-corrected chi connectivity index (χ2v) is 5.59. The lowest BCUT2D eigenvalue weighted by molar-refractivity contribution is -0.137. The molecule has 1 aromatic carbocycles. The molecule has 0 fully saturated rings. The van der Waals surface area contributed by atoms with E-state index in [-0.39, 0.29) is 17.9 Å². The van der Waals surface area contributed by atoms with Crippen molar-refractivity contribution >= 4 is 11.9 Å². The highest BCUT2D eigenvalue weighted by Gasteiger charge is 2.19. The zero-order valence-electron chi connectivity index (χ0n) is 12.0. The SMILES string of the molecule is C#CCN(CC(=O)O)C(=O)c1ccc(C(C)(C)C)cc1. The molecule has 0 spiro atoms. The zero-order chi connectivity index (χ0) is 15.3. The molecule has 0 aromatic heterocycles. The van der Waals surface area contributed by atoms with E-state index >= 15 is 0 Å². The third-order valence-corrected chi connectivity index (χ3v) is 2.89. The Bertz CT molecular complexity index is 532. The number of benzene rings is 1. The van der Waals surface area contributed by atoms with Crippen LogP contribution >= 0.6 is 0 Å². The highest BCUT2D eigenvalue weighted by molar-refractivity contribution is 5.96. The summed E-state index contributed by atoms with van der Waals surface area (Å²) in [7, 11) is 0. The number of hydrogen-bond donors (Lipinski definition) is 1. The molecule has 0 heterocycles. The van der Waals surface area contributed by atoms with Crippen LogP contribution in [0.15, 0.2) is 24.3 Å². The van der Waals surface area contributed by atoms with Gasteiger partial charge in [0.2, 0.25) is 0 Å². The lowest BCUT2D eigenvalue weighted by Gasteiger charge is -2.21. The van der Waals surface area contributed by atoms with Crippen molar-refractivity contribution in [2.24, 2.45) is 0 Å². The van der Waals surface area contributed by atoms with E-state index in [1.807, 2.05) is 12.1 Å². The second-order valence-electron chi connectivity index (χ2n) is 5.59. The van der Waals surface area contributed by atoms with Crippen molar-refractivity contribution in [1.82, 2.24) is 4.90 Å². The number of nitrogens with zero attached hydrogens (tertiary/aromatic N) is 1. The summed E-state index contributed by atoms with van der Waals surface area (Å²) in [6.07, 6.45) is 5.17. The van der Waals surface area contributed by atoms with Crippen molar-refractivity contribution in [3.63, 3.8) is 0 Å². The smallest absolute Gasteiger partial charge is 0.323 e. The van der Waals surface area contributed by atoms with Crippen LogP contribution in [0, 0.1) is 12.3 Å². The maximum Gasteiger partial charge on any atom is 0.323 e. The third-order valence-electron chi connectivity index (χ3n) is 2.89. The van der Waals surface area contributed by atoms with Crippen LogP contribution in [0.2, 0.25) is 0 Å². The fourth-order valence-corrected chi connectivity index (χ4v) is 1.77. The molecule has 1 N–H and O–H groups in total. The highest BCUT2D eigenvalue weighted by atomic mass is 16.4. The number of carbonyl (C=O) groups is 2. The number of carboxylic acids is 1. The molecule has 0 aliphatic carbocycles. The Kier molecular flexibility index (Phi) is 4.93. The van der Waals surface area contributed by atoms with Crippen LogP contribution in [0.25, 0.3) is 0 Å². The number of amides is 1. The molecule has 0 radical (unpaired) electrons. The standard InChI is InChI=1S/C16H19NO3/c1-5-10-17(11-14(18)19)15(20)12-6-8-13(9-7-12)16(2,3)4/h1,6-9H,10-11H2,2-4H3,(H,18,19). The van der Waals surface area contributed by atoms with Gasteiger partial charge >= 0.3 is 5.97 Å². The second kappa shape index (κ2) is 6.25. The Morgan fingerprint density at radius 3 is 2.20 bits per heavy atom. The van der Waals surface area contributed by atoms with Crippen LogP contribution in [0.3, 0.4) is 0 Å². The predicted octanol–water partition coefficient (Wildman–Crippen LogP) is 2.14. The van der Waals surface area contributed by atoms with E-state index in [9.17, 15) is 9.59 Å². The minimum atomic E-state index is -1.08. The van der Waals surface area contributed by atoms with Gasteiger partial charge in [-0.3, -0.25) is 9.59 Å². The van der Waals surface area contributed by atoms with Crippen molar-refractivity contribution < 1.29 is 14.7 Å². The predicted molar refractivity (Wildman–Crippen MR) is 77.5 cm³/mol. The van der Waals surface area contributed by atoms with Gasteiger partial charge in [-0.25, -0.2) is 0 Å². The summed E-state index contributed by atoms with van der Waals surface area (Å²) in [5.41, 5.74) is 1.55. The van der Waals surface area contributed by atoms with Crippen molar-refractivity contribution in [3.8, 4) is 12.3 Å². The fourth-order valence-electron chi connectivity index (χ4n) is 1.77. The molecule has 0 aliphatic heterocycles. The molecule has 0 bridgehead atoms. The Hall–Kier alpha value is -2.28. The van der Waals surface area contributed by atoms with Crippen LogP contribution in [0.4, 0.5) is 0 Å². The minimum absolute atomic E-state index is 0.00113. The summed E-state index contributed by atoms with van der Waals surface area (Å²) < 4.78 is 0. The molecular formula is C16H19NO3. The summed E-state index contributed by atoms with van der Waals surface area (Å²) >= 11 is 0. The van der Waals surface area contributed by atoms with Crippen LogP contribution in [-0.4, -0.2) is 35.0 Å². The minimum Gasteiger partial charge on any atom is -0.480 e. The summed E-state index contributed by atoms with van der Waals surface area (Å²) in [5, 5.41) is 8.79. The van der Waals surface area contributed by atoms with Crippen LogP contribution in [0.1, 0.15) is 36.7 Å². The topological polar surface area (TPSA) is 57.6 Å². The molecule has 0 unspecified atom stereocenters. The molecule has 0 saturated carbocycles.